The summed E-state index contributed by atoms with van der Waals surface area (Å²) in [5, 5.41) is 22.5. The first-order valence-corrected chi connectivity index (χ1v) is 11.5. The van der Waals surface area contributed by atoms with E-state index in [9.17, 15) is 18.3 Å². The average Bonchev–Trinajstić information content (AvgIpc) is 3.07. The third-order valence-corrected chi connectivity index (χ3v) is 6.58. The Morgan fingerprint density at radius 3 is 2.79 bits per heavy atom. The SMILES string of the molecule is CS(=O)(=O)c1cccc(OCC(O)CNC2COC3(CCN(C(=O)O)CC3)C2)c1. The Hall–Kier alpha value is -1.88. The van der Waals surface area contributed by atoms with Crippen LogP contribution >= 0.6 is 0 Å². The molecule has 3 rings (SSSR count). The van der Waals surface area contributed by atoms with Crippen molar-refractivity contribution >= 4 is 15.9 Å². The number of likely N-dealkylation sites (tertiary alicyclic amines) is 1. The Kier molecular flexibility index (Phi) is 6.67. The fraction of sp³-hybridized carbons (Fsp3) is 0.632. The molecule has 2 fully saturated rings. The van der Waals surface area contributed by atoms with Crippen LogP contribution in [-0.2, 0) is 14.6 Å². The predicted octanol–water partition coefficient (Wildman–Crippen LogP) is 0.721. The van der Waals surface area contributed by atoms with E-state index in [4.69, 9.17) is 14.6 Å². The van der Waals surface area contributed by atoms with Gasteiger partial charge in [-0.25, -0.2) is 13.2 Å². The Labute approximate surface area is 170 Å². The van der Waals surface area contributed by atoms with Crippen molar-refractivity contribution in [1.29, 1.82) is 0 Å². The van der Waals surface area contributed by atoms with Crippen molar-refractivity contribution in [2.24, 2.45) is 0 Å². The first-order valence-electron chi connectivity index (χ1n) is 9.63. The summed E-state index contributed by atoms with van der Waals surface area (Å²) in [5.74, 6) is 0.389. The number of benzene rings is 1. The molecule has 29 heavy (non-hydrogen) atoms. The smallest absolute Gasteiger partial charge is 0.407 e. The molecule has 1 aromatic rings. The Morgan fingerprint density at radius 1 is 1.41 bits per heavy atom. The molecule has 162 valence electrons. The summed E-state index contributed by atoms with van der Waals surface area (Å²) in [6.07, 6.45) is 1.62. The van der Waals surface area contributed by atoms with Crippen LogP contribution in [0.2, 0.25) is 0 Å². The van der Waals surface area contributed by atoms with E-state index in [-0.39, 0.29) is 23.1 Å². The van der Waals surface area contributed by atoms with Crippen LogP contribution in [0, 0.1) is 0 Å². The molecule has 0 saturated carbocycles. The molecular weight excluding hydrogens is 400 g/mol. The van der Waals surface area contributed by atoms with Crippen molar-refractivity contribution in [2.45, 2.75) is 41.9 Å². The standard InChI is InChI=1S/C19H28N2O7S/c1-29(25,26)17-4-2-3-16(9-17)27-13-15(22)11-20-14-10-19(28-12-14)5-7-21(8-6-19)18(23)24/h2-4,9,14-15,20,22H,5-8,10-13H2,1H3,(H,23,24). The van der Waals surface area contributed by atoms with E-state index in [1.807, 2.05) is 0 Å². The van der Waals surface area contributed by atoms with Crippen LogP contribution in [0.15, 0.2) is 29.2 Å². The largest absolute Gasteiger partial charge is 0.491 e. The lowest BCUT2D eigenvalue weighted by molar-refractivity contribution is -0.0395. The average molecular weight is 429 g/mol. The lowest BCUT2D eigenvalue weighted by atomic mass is 9.87. The topological polar surface area (TPSA) is 125 Å². The van der Waals surface area contributed by atoms with Crippen LogP contribution in [-0.4, -0.2) is 86.5 Å². The second-order valence-electron chi connectivity index (χ2n) is 7.78. The molecular formula is C19H28N2O7S. The number of piperidine rings is 1. The van der Waals surface area contributed by atoms with Gasteiger partial charge < -0.3 is 29.9 Å². The van der Waals surface area contributed by atoms with Gasteiger partial charge in [0.05, 0.1) is 17.1 Å². The van der Waals surface area contributed by atoms with Crippen LogP contribution in [0.1, 0.15) is 19.3 Å². The molecule has 2 saturated heterocycles. The van der Waals surface area contributed by atoms with Crippen molar-refractivity contribution in [3.8, 4) is 5.75 Å². The molecule has 10 heteroatoms. The zero-order chi connectivity index (χ0) is 21.1. The number of hydrogen-bond acceptors (Lipinski definition) is 7. The normalized spacial score (nSPS) is 22.6. The molecule has 1 aromatic carbocycles. The van der Waals surface area contributed by atoms with Crippen molar-refractivity contribution in [3.05, 3.63) is 24.3 Å². The maximum Gasteiger partial charge on any atom is 0.407 e. The minimum atomic E-state index is -3.31. The number of ether oxygens (including phenoxy) is 2. The molecule has 0 radical (unpaired) electrons. The number of hydrogen-bond donors (Lipinski definition) is 3. The van der Waals surface area contributed by atoms with Crippen LogP contribution in [0.4, 0.5) is 4.79 Å². The predicted molar refractivity (Wildman–Crippen MR) is 105 cm³/mol. The van der Waals surface area contributed by atoms with E-state index in [0.29, 0.717) is 44.8 Å². The minimum absolute atomic E-state index is 0.0342. The van der Waals surface area contributed by atoms with Crippen molar-refractivity contribution in [2.75, 3.05) is 39.1 Å². The molecule has 2 aliphatic rings. The fourth-order valence-corrected chi connectivity index (χ4v) is 4.43. The zero-order valence-electron chi connectivity index (χ0n) is 16.4. The maximum atomic E-state index is 11.6. The van der Waals surface area contributed by atoms with Crippen molar-refractivity contribution in [3.63, 3.8) is 0 Å². The summed E-state index contributed by atoms with van der Waals surface area (Å²) < 4.78 is 34.7. The summed E-state index contributed by atoms with van der Waals surface area (Å²) in [5.41, 5.74) is -0.281. The Morgan fingerprint density at radius 2 is 2.14 bits per heavy atom. The second-order valence-corrected chi connectivity index (χ2v) is 9.80. The molecule has 0 bridgehead atoms. The fourth-order valence-electron chi connectivity index (χ4n) is 3.78. The van der Waals surface area contributed by atoms with Gasteiger partial charge in [0.2, 0.25) is 0 Å². The first-order chi connectivity index (χ1) is 13.7. The molecule has 3 N–H and O–H groups in total. The summed E-state index contributed by atoms with van der Waals surface area (Å²) >= 11 is 0. The molecule has 2 heterocycles. The molecule has 9 nitrogen and oxygen atoms in total. The summed E-state index contributed by atoms with van der Waals surface area (Å²) in [7, 11) is -3.31. The van der Waals surface area contributed by atoms with E-state index in [1.165, 1.54) is 17.0 Å². The number of nitrogens with one attached hydrogen (secondary N) is 1. The number of nitrogens with zero attached hydrogens (tertiary/aromatic N) is 1. The number of carbonyl (C=O) groups is 1. The molecule has 1 spiro atoms. The van der Waals surface area contributed by atoms with Gasteiger partial charge in [-0.15, -0.1) is 0 Å². The monoisotopic (exact) mass is 428 g/mol. The molecule has 2 aliphatic heterocycles. The molecule has 0 aromatic heterocycles. The van der Waals surface area contributed by atoms with Crippen LogP contribution in [0.5, 0.6) is 5.75 Å². The van der Waals surface area contributed by atoms with Crippen molar-refractivity contribution in [1.82, 2.24) is 10.2 Å². The van der Waals surface area contributed by atoms with Gasteiger partial charge in [-0.2, -0.15) is 0 Å². The number of aliphatic hydroxyl groups is 1. The second kappa shape index (κ2) is 8.86. The highest BCUT2D eigenvalue weighted by molar-refractivity contribution is 7.90. The lowest BCUT2D eigenvalue weighted by Gasteiger charge is -2.37. The summed E-state index contributed by atoms with van der Waals surface area (Å²) in [4.78, 5) is 12.6. The van der Waals surface area contributed by atoms with Crippen molar-refractivity contribution < 1.29 is 32.9 Å². The van der Waals surface area contributed by atoms with Gasteiger partial charge >= 0.3 is 6.09 Å². The highest BCUT2D eigenvalue weighted by atomic mass is 32.2. The van der Waals surface area contributed by atoms with E-state index in [2.05, 4.69) is 5.32 Å². The van der Waals surface area contributed by atoms with E-state index in [1.54, 1.807) is 12.1 Å². The molecule has 0 aliphatic carbocycles. The van der Waals surface area contributed by atoms with E-state index >= 15 is 0 Å². The van der Waals surface area contributed by atoms with Gasteiger partial charge in [-0.05, 0) is 37.5 Å². The zero-order valence-corrected chi connectivity index (χ0v) is 17.2. The van der Waals surface area contributed by atoms with Gasteiger partial charge in [0.25, 0.3) is 0 Å². The molecule has 2 unspecified atom stereocenters. The van der Waals surface area contributed by atoms with Crippen LogP contribution in [0.25, 0.3) is 0 Å². The van der Waals surface area contributed by atoms with Gasteiger partial charge in [-0.3, -0.25) is 0 Å². The van der Waals surface area contributed by atoms with Gasteiger partial charge in [0.15, 0.2) is 9.84 Å². The summed E-state index contributed by atoms with van der Waals surface area (Å²) in [6, 6.07) is 6.27. The lowest BCUT2D eigenvalue weighted by Crippen LogP contribution is -2.46. The van der Waals surface area contributed by atoms with Crippen LogP contribution in [0.3, 0.4) is 0 Å². The van der Waals surface area contributed by atoms with Crippen LogP contribution < -0.4 is 10.1 Å². The molecule has 1 amide bonds. The van der Waals surface area contributed by atoms with E-state index < -0.39 is 22.0 Å². The quantitative estimate of drug-likeness (QED) is 0.580. The summed E-state index contributed by atoms with van der Waals surface area (Å²) in [6.45, 7) is 1.83. The third-order valence-electron chi connectivity index (χ3n) is 5.47. The number of rotatable bonds is 7. The number of amides is 1. The van der Waals surface area contributed by atoms with E-state index in [0.717, 1.165) is 12.7 Å². The van der Waals surface area contributed by atoms with Gasteiger partial charge in [0.1, 0.15) is 18.5 Å². The highest BCUT2D eigenvalue weighted by Gasteiger charge is 2.43. The Bertz CT molecular complexity index is 822. The maximum absolute atomic E-state index is 11.6. The Balaban J connectivity index is 1.40. The number of sulfone groups is 1. The van der Waals surface area contributed by atoms with Gasteiger partial charge in [0, 0.05) is 31.9 Å². The third kappa shape index (κ3) is 5.81. The first kappa shape index (κ1) is 21.8. The number of carboxylic acid groups (broad SMARTS) is 1. The molecule has 2 atom stereocenters. The minimum Gasteiger partial charge on any atom is -0.491 e. The number of aliphatic hydroxyl groups excluding tert-OH is 1. The van der Waals surface area contributed by atoms with Gasteiger partial charge in [-0.1, -0.05) is 6.07 Å². The highest BCUT2D eigenvalue weighted by Crippen LogP contribution is 2.35.